The number of ether oxygens (including phenoxy) is 1. The number of carbonyl (C=O) groups excluding carboxylic acids is 1. The van der Waals surface area contributed by atoms with E-state index in [1.54, 1.807) is 11.0 Å². The van der Waals surface area contributed by atoms with Crippen LogP contribution in [0.2, 0.25) is 0 Å². The average Bonchev–Trinajstić information content (AvgIpc) is 2.55. The van der Waals surface area contributed by atoms with Gasteiger partial charge < -0.3 is 14.6 Å². The van der Waals surface area contributed by atoms with Gasteiger partial charge in [0.2, 0.25) is 5.56 Å². The minimum absolute atomic E-state index is 0.120. The lowest BCUT2D eigenvalue weighted by Gasteiger charge is -2.33. The molecule has 1 fully saturated rings. The van der Waals surface area contributed by atoms with Gasteiger partial charge in [-0.05, 0) is 11.6 Å². The molecule has 1 amide bonds. The van der Waals surface area contributed by atoms with Crippen molar-refractivity contribution >= 4 is 5.91 Å². The molecule has 3 rings (SSSR count). The first-order valence-corrected chi connectivity index (χ1v) is 6.88. The molecule has 5 heteroatoms. The molecule has 1 aliphatic rings. The van der Waals surface area contributed by atoms with E-state index in [1.807, 2.05) is 30.3 Å². The molecule has 0 aliphatic carbocycles. The summed E-state index contributed by atoms with van der Waals surface area (Å²) >= 11 is 0. The van der Waals surface area contributed by atoms with Gasteiger partial charge >= 0.3 is 0 Å². The molecule has 2 aromatic rings. The van der Waals surface area contributed by atoms with E-state index in [0.717, 1.165) is 5.56 Å². The Balaban J connectivity index is 1.77. The molecule has 108 valence electrons. The molecule has 1 saturated heterocycles. The number of hydrogen-bond donors (Lipinski definition) is 1. The third-order valence-corrected chi connectivity index (χ3v) is 3.55. The molecule has 0 spiro atoms. The number of nitrogens with one attached hydrogen (secondary N) is 1. The van der Waals surface area contributed by atoms with Gasteiger partial charge in [0, 0.05) is 24.4 Å². The van der Waals surface area contributed by atoms with Crippen molar-refractivity contribution in [2.75, 3.05) is 19.7 Å². The van der Waals surface area contributed by atoms with Crippen molar-refractivity contribution < 1.29 is 9.53 Å². The second kappa shape index (κ2) is 5.93. The van der Waals surface area contributed by atoms with Gasteiger partial charge in [-0.1, -0.05) is 30.3 Å². The maximum atomic E-state index is 12.4. The average molecular weight is 284 g/mol. The molecule has 1 aliphatic heterocycles. The van der Waals surface area contributed by atoms with Crippen molar-refractivity contribution in [2.45, 2.75) is 6.10 Å². The van der Waals surface area contributed by atoms with Crippen LogP contribution in [-0.4, -0.2) is 35.5 Å². The Labute approximate surface area is 122 Å². The number of aromatic amines is 1. The van der Waals surface area contributed by atoms with Crippen LogP contribution >= 0.6 is 0 Å². The van der Waals surface area contributed by atoms with E-state index in [2.05, 4.69) is 4.98 Å². The third-order valence-electron chi connectivity index (χ3n) is 3.55. The Bertz CT molecular complexity index is 681. The third kappa shape index (κ3) is 3.03. The van der Waals surface area contributed by atoms with Gasteiger partial charge in [-0.2, -0.15) is 0 Å². The number of H-pyrrole nitrogens is 1. The Morgan fingerprint density at radius 2 is 2.05 bits per heavy atom. The fraction of sp³-hybridized carbons (Fsp3) is 0.250. The molecule has 2 heterocycles. The number of pyridine rings is 1. The summed E-state index contributed by atoms with van der Waals surface area (Å²) in [5.41, 5.74) is 1.20. The van der Waals surface area contributed by atoms with E-state index in [0.29, 0.717) is 25.3 Å². The minimum Gasteiger partial charge on any atom is -0.370 e. The minimum atomic E-state index is -0.270. The highest BCUT2D eigenvalue weighted by Gasteiger charge is 2.26. The molecular weight excluding hydrogens is 268 g/mol. The Morgan fingerprint density at radius 1 is 1.24 bits per heavy atom. The Hall–Kier alpha value is -2.40. The van der Waals surface area contributed by atoms with E-state index in [-0.39, 0.29) is 17.6 Å². The van der Waals surface area contributed by atoms with Crippen molar-refractivity contribution in [1.29, 1.82) is 0 Å². The van der Waals surface area contributed by atoms with Crippen LogP contribution in [0.3, 0.4) is 0 Å². The zero-order chi connectivity index (χ0) is 14.7. The quantitative estimate of drug-likeness (QED) is 0.911. The summed E-state index contributed by atoms with van der Waals surface area (Å²) in [5, 5.41) is 0. The lowest BCUT2D eigenvalue weighted by atomic mass is 10.1. The van der Waals surface area contributed by atoms with Crippen molar-refractivity contribution in [1.82, 2.24) is 9.88 Å². The zero-order valence-electron chi connectivity index (χ0n) is 11.5. The molecule has 1 atom stereocenters. The summed E-state index contributed by atoms with van der Waals surface area (Å²) in [7, 11) is 0. The molecule has 0 saturated carbocycles. The summed E-state index contributed by atoms with van der Waals surface area (Å²) in [5.74, 6) is -0.134. The smallest absolute Gasteiger partial charge is 0.254 e. The Morgan fingerprint density at radius 3 is 2.81 bits per heavy atom. The normalized spacial score (nSPS) is 18.5. The highest BCUT2D eigenvalue weighted by molar-refractivity contribution is 5.94. The van der Waals surface area contributed by atoms with E-state index in [4.69, 9.17) is 4.74 Å². The maximum Gasteiger partial charge on any atom is 0.254 e. The molecule has 1 aromatic heterocycles. The largest absolute Gasteiger partial charge is 0.370 e. The van der Waals surface area contributed by atoms with Crippen LogP contribution in [-0.2, 0) is 4.74 Å². The number of nitrogens with zero attached hydrogens (tertiary/aromatic N) is 1. The van der Waals surface area contributed by atoms with Gasteiger partial charge in [0.05, 0.1) is 13.2 Å². The first kappa shape index (κ1) is 13.6. The first-order chi connectivity index (χ1) is 10.2. The molecule has 0 radical (unpaired) electrons. The van der Waals surface area contributed by atoms with E-state index in [9.17, 15) is 9.59 Å². The Kier molecular flexibility index (Phi) is 3.83. The van der Waals surface area contributed by atoms with Gasteiger partial charge in [-0.15, -0.1) is 0 Å². The van der Waals surface area contributed by atoms with Crippen molar-refractivity contribution in [3.8, 4) is 0 Å². The molecule has 1 unspecified atom stereocenters. The van der Waals surface area contributed by atoms with Crippen molar-refractivity contribution in [3.63, 3.8) is 0 Å². The van der Waals surface area contributed by atoms with Crippen LogP contribution in [0.25, 0.3) is 0 Å². The number of rotatable bonds is 2. The van der Waals surface area contributed by atoms with E-state index < -0.39 is 0 Å². The second-order valence-corrected chi connectivity index (χ2v) is 4.96. The standard InChI is InChI=1S/C16H16N2O3/c19-15-10-13(6-7-17-15)16(20)18-8-9-21-14(11-18)12-4-2-1-3-5-12/h1-7,10,14H,8-9,11H2,(H,17,19). The molecule has 0 bridgehead atoms. The monoisotopic (exact) mass is 284 g/mol. The number of amides is 1. The predicted molar refractivity (Wildman–Crippen MR) is 78.1 cm³/mol. The van der Waals surface area contributed by atoms with Crippen LogP contribution in [0.4, 0.5) is 0 Å². The predicted octanol–water partition coefficient (Wildman–Crippen LogP) is 1.59. The number of morpholine rings is 1. The summed E-state index contributed by atoms with van der Waals surface area (Å²) in [6.45, 7) is 1.53. The van der Waals surface area contributed by atoms with Gasteiger partial charge in [-0.3, -0.25) is 9.59 Å². The van der Waals surface area contributed by atoms with Crippen LogP contribution < -0.4 is 5.56 Å². The lowest BCUT2D eigenvalue weighted by Crippen LogP contribution is -2.42. The highest BCUT2D eigenvalue weighted by Crippen LogP contribution is 2.22. The SMILES string of the molecule is O=C(c1cc[nH]c(=O)c1)N1CCOC(c2ccccc2)C1. The number of benzene rings is 1. The lowest BCUT2D eigenvalue weighted by molar-refractivity contribution is -0.0228. The van der Waals surface area contributed by atoms with E-state index >= 15 is 0 Å². The fourth-order valence-electron chi connectivity index (χ4n) is 2.46. The summed E-state index contributed by atoms with van der Waals surface area (Å²) in [4.78, 5) is 28.0. The molecular formula is C16H16N2O3. The number of aromatic nitrogens is 1. The van der Waals surface area contributed by atoms with Crippen LogP contribution in [0.5, 0.6) is 0 Å². The van der Waals surface area contributed by atoms with Gasteiger partial charge in [0.15, 0.2) is 0 Å². The summed E-state index contributed by atoms with van der Waals surface area (Å²) in [6.07, 6.45) is 1.37. The number of carbonyl (C=O) groups is 1. The fourth-order valence-corrected chi connectivity index (χ4v) is 2.46. The van der Waals surface area contributed by atoms with Crippen LogP contribution in [0.15, 0.2) is 53.5 Å². The molecule has 5 nitrogen and oxygen atoms in total. The maximum absolute atomic E-state index is 12.4. The van der Waals surface area contributed by atoms with E-state index in [1.165, 1.54) is 12.3 Å². The molecule has 21 heavy (non-hydrogen) atoms. The topological polar surface area (TPSA) is 62.4 Å². The van der Waals surface area contributed by atoms with Crippen LogP contribution in [0, 0.1) is 0 Å². The zero-order valence-corrected chi connectivity index (χ0v) is 11.5. The summed E-state index contributed by atoms with van der Waals surface area (Å²) in [6, 6.07) is 12.8. The van der Waals surface area contributed by atoms with Gasteiger partial charge in [0.25, 0.3) is 5.91 Å². The highest BCUT2D eigenvalue weighted by atomic mass is 16.5. The first-order valence-electron chi connectivity index (χ1n) is 6.88. The molecule has 1 N–H and O–H groups in total. The molecule has 1 aromatic carbocycles. The van der Waals surface area contributed by atoms with Crippen molar-refractivity contribution in [3.05, 3.63) is 70.1 Å². The van der Waals surface area contributed by atoms with Gasteiger partial charge in [-0.25, -0.2) is 0 Å². The summed E-state index contributed by atoms with van der Waals surface area (Å²) < 4.78 is 5.74. The van der Waals surface area contributed by atoms with Crippen LogP contribution in [0.1, 0.15) is 22.0 Å². The number of hydrogen-bond acceptors (Lipinski definition) is 3. The van der Waals surface area contributed by atoms with Crippen molar-refractivity contribution in [2.24, 2.45) is 0 Å². The van der Waals surface area contributed by atoms with Gasteiger partial charge in [0.1, 0.15) is 6.10 Å². The second-order valence-electron chi connectivity index (χ2n) is 4.96.